The number of benzene rings is 12. The summed E-state index contributed by atoms with van der Waals surface area (Å²) in [6.07, 6.45) is 0. The van der Waals surface area contributed by atoms with Gasteiger partial charge in [0.05, 0.1) is 0 Å². The number of hydrogen-bond donors (Lipinski definition) is 0. The molecule has 12 rings (SSSR count). The first-order chi connectivity index (χ1) is 19.7. The maximum Gasteiger partial charge on any atom is 0.260 e. The minimum Gasteiger partial charge on any atom is -0.106 e. The molecule has 0 aromatic heterocycles. The lowest BCUT2D eigenvalue weighted by atomic mass is 9.75. The Balaban J connectivity index is 1.69. The van der Waals surface area contributed by atoms with Gasteiger partial charge in [0.25, 0.3) is 32.6 Å². The molecule has 0 bridgehead atoms. The lowest BCUT2D eigenvalue weighted by Gasteiger charge is -2.29. The van der Waals surface area contributed by atoms with Gasteiger partial charge in [-0.15, -0.1) is 8.85 Å². The van der Waals surface area contributed by atoms with E-state index < -0.39 is 0 Å². The van der Waals surface area contributed by atoms with Crippen LogP contribution in [-0.4, -0.2) is 32.6 Å². The zero-order chi connectivity index (χ0) is 25.8. The van der Waals surface area contributed by atoms with Crippen molar-refractivity contribution < 1.29 is 0 Å². The fourth-order valence-corrected chi connectivity index (χ4v) is 11.1. The molecule has 0 heterocycles. The standard InChI is InChI=1S/C38H14.2Al.4H/c1-3-19-15-21-9-7-18-12-14-26-24-6-2-4-20-16-22-10-8-17-11-13-25-23(5-1)27(19)35-31(21)30(18)34(26)38-36(28(20)24)32(22)29(17)33(25)37(35)38;;;;;;/h1-14H;;;;;;. The summed E-state index contributed by atoms with van der Waals surface area (Å²) >= 11 is 2.05. The first-order valence-corrected chi connectivity index (χ1v) is 16.4. The zero-order valence-corrected chi connectivity index (χ0v) is 26.1. The second-order valence-corrected chi connectivity index (χ2v) is 14.4. The third kappa shape index (κ3) is 1.80. The number of rotatable bonds is 0. The zero-order valence-electron chi connectivity index (χ0n) is 22.1. The summed E-state index contributed by atoms with van der Waals surface area (Å²) in [6.45, 7) is 0. The summed E-state index contributed by atoms with van der Waals surface area (Å²) < 4.78 is 3.09. The highest BCUT2D eigenvalue weighted by molar-refractivity contribution is 6.63. The summed E-state index contributed by atoms with van der Waals surface area (Å²) in [5, 5.41) is 32.3. The molecule has 0 spiro atoms. The van der Waals surface area contributed by atoms with E-state index in [1.54, 1.807) is 8.85 Å². The highest BCUT2D eigenvalue weighted by Crippen LogP contribution is 2.57. The van der Waals surface area contributed by atoms with Crippen LogP contribution in [-0.2, 0) is 0 Å². The average Bonchev–Trinajstić information content (AvgIpc) is 3.00. The van der Waals surface area contributed by atoms with E-state index >= 15 is 0 Å². The molecule has 12 aromatic carbocycles. The van der Waals surface area contributed by atoms with Crippen molar-refractivity contribution >= 4 is 160 Å². The van der Waals surface area contributed by atoms with E-state index in [1.165, 1.54) is 118 Å². The van der Waals surface area contributed by atoms with Crippen LogP contribution in [0.15, 0.2) is 84.9 Å². The maximum absolute atomic E-state index is 2.43. The van der Waals surface area contributed by atoms with Crippen molar-refractivity contribution in [1.29, 1.82) is 0 Å². The Morgan fingerprint density at radius 1 is 0.250 bits per heavy atom. The van der Waals surface area contributed by atoms with E-state index in [2.05, 4.69) is 84.9 Å². The molecular weight excluding hydrogens is 510 g/mol. The van der Waals surface area contributed by atoms with E-state index in [9.17, 15) is 0 Å². The maximum atomic E-state index is 2.43. The van der Waals surface area contributed by atoms with Crippen LogP contribution in [0.4, 0.5) is 0 Å². The molecule has 40 heavy (non-hydrogen) atoms. The largest absolute Gasteiger partial charge is 0.260 e. The van der Waals surface area contributed by atoms with Crippen LogP contribution in [0.1, 0.15) is 0 Å². The molecule has 176 valence electrons. The second-order valence-electron chi connectivity index (χ2n) is 12.4. The monoisotopic (exact) mass is 528 g/mol. The lowest BCUT2D eigenvalue weighted by molar-refractivity contribution is 1.83. The lowest BCUT2D eigenvalue weighted by Crippen LogP contribution is -2.10. The van der Waals surface area contributed by atoms with Gasteiger partial charge < -0.3 is 0 Å². The van der Waals surface area contributed by atoms with Crippen LogP contribution in [0.3, 0.4) is 0 Å². The van der Waals surface area contributed by atoms with Gasteiger partial charge in [-0.25, -0.2) is 0 Å². The molecule has 0 saturated carbocycles. The molecule has 2 heteroatoms. The van der Waals surface area contributed by atoms with Crippen molar-refractivity contribution in [3.8, 4) is 0 Å². The minimum atomic E-state index is 1.03. The van der Waals surface area contributed by atoms with Crippen molar-refractivity contribution in [2.24, 2.45) is 0 Å². The summed E-state index contributed by atoms with van der Waals surface area (Å²) in [5.74, 6) is 0. The Hall–Kier alpha value is -3.88. The molecule has 0 amide bonds. The van der Waals surface area contributed by atoms with E-state index in [4.69, 9.17) is 0 Å². The van der Waals surface area contributed by atoms with Gasteiger partial charge in [-0.05, 0) is 118 Å². The molecule has 0 aliphatic rings. The van der Waals surface area contributed by atoms with Crippen LogP contribution < -0.4 is 8.85 Å². The average molecular weight is 529 g/mol. The Morgan fingerprint density at radius 3 is 1.00 bits per heavy atom. The second kappa shape index (κ2) is 6.06. The Kier molecular flexibility index (Phi) is 3.04. The van der Waals surface area contributed by atoms with Crippen molar-refractivity contribution in [1.82, 2.24) is 0 Å². The van der Waals surface area contributed by atoms with E-state index in [0.717, 1.165) is 32.6 Å². The van der Waals surface area contributed by atoms with Gasteiger partial charge in [-0.1, -0.05) is 84.9 Å². The van der Waals surface area contributed by atoms with Gasteiger partial charge in [0.15, 0.2) is 0 Å². The van der Waals surface area contributed by atoms with Gasteiger partial charge >= 0.3 is 0 Å². The van der Waals surface area contributed by atoms with Crippen LogP contribution in [0, 0.1) is 0 Å². The molecule has 0 unspecified atom stereocenters. The van der Waals surface area contributed by atoms with Gasteiger partial charge in [0.1, 0.15) is 0 Å². The summed E-state index contributed by atoms with van der Waals surface area (Å²) in [5.41, 5.74) is 0. The predicted octanol–water partition coefficient (Wildman–Crippen LogP) is 7.52. The Bertz CT molecular complexity index is 2830. The first-order valence-electron chi connectivity index (χ1n) is 14.4. The van der Waals surface area contributed by atoms with Gasteiger partial charge in [-0.3, -0.25) is 0 Å². The Morgan fingerprint density at radius 2 is 0.550 bits per heavy atom. The molecule has 0 nitrogen and oxygen atoms in total. The molecular formula is C38H18Al2. The quantitative estimate of drug-likeness (QED) is 0.109. The predicted molar refractivity (Wildman–Crippen MR) is 182 cm³/mol. The van der Waals surface area contributed by atoms with Crippen molar-refractivity contribution in [2.75, 3.05) is 0 Å². The highest BCUT2D eigenvalue weighted by atomic mass is 27.1. The topological polar surface area (TPSA) is 0 Å². The van der Waals surface area contributed by atoms with Crippen molar-refractivity contribution in [3.05, 3.63) is 84.9 Å². The minimum absolute atomic E-state index is 1.03. The van der Waals surface area contributed by atoms with Gasteiger partial charge in [0.2, 0.25) is 0 Å². The summed E-state index contributed by atoms with van der Waals surface area (Å²) in [7, 11) is 0. The highest BCUT2D eigenvalue weighted by Gasteiger charge is 2.29. The summed E-state index contributed by atoms with van der Waals surface area (Å²) in [6, 6.07) is 33.4. The first kappa shape index (κ1) is 20.1. The molecule has 0 radical (unpaired) electrons. The third-order valence-corrected chi connectivity index (χ3v) is 13.1. The van der Waals surface area contributed by atoms with Crippen LogP contribution >= 0.6 is 0 Å². The van der Waals surface area contributed by atoms with Crippen LogP contribution in [0.2, 0.25) is 0 Å². The van der Waals surface area contributed by atoms with Gasteiger partial charge in [-0.2, -0.15) is 0 Å². The molecule has 0 aliphatic carbocycles. The number of hydrogen-bond acceptors (Lipinski definition) is 0. The van der Waals surface area contributed by atoms with Crippen molar-refractivity contribution in [3.63, 3.8) is 0 Å². The van der Waals surface area contributed by atoms with E-state index in [1.807, 2.05) is 0 Å². The van der Waals surface area contributed by atoms with Crippen LogP contribution in [0.5, 0.6) is 0 Å². The van der Waals surface area contributed by atoms with Crippen molar-refractivity contribution in [2.45, 2.75) is 0 Å². The van der Waals surface area contributed by atoms with Gasteiger partial charge in [0, 0.05) is 0 Å². The fraction of sp³-hybridized carbons (Fsp3) is 0. The summed E-state index contributed by atoms with van der Waals surface area (Å²) in [4.78, 5) is 0. The Labute approximate surface area is 243 Å². The number of fused-ring (bicyclic) bond motifs is 2. The molecule has 12 aromatic rings. The molecule has 0 atom stereocenters. The fourth-order valence-electron chi connectivity index (χ4n) is 9.46. The van der Waals surface area contributed by atoms with E-state index in [0.29, 0.717) is 0 Å². The molecule has 0 saturated heterocycles. The van der Waals surface area contributed by atoms with Crippen LogP contribution in [0.25, 0.3) is 118 Å². The SMILES string of the molecule is [AlH2][c]1c2cccc3c4ccc5ccc6[c]([AlH2])c7cccc8c9ccc%10ccc1c1c%10c9c9c(c78)c6c5c4c9c1c23. The normalized spacial score (nSPS) is 13.7. The third-order valence-electron chi connectivity index (χ3n) is 10.9. The van der Waals surface area contributed by atoms with E-state index in [-0.39, 0.29) is 0 Å². The molecule has 0 N–H and O–H groups in total. The smallest absolute Gasteiger partial charge is 0.106 e. The molecule has 0 aliphatic heterocycles. The molecule has 0 fully saturated rings.